The number of rotatable bonds is 2. The Hall–Kier alpha value is -1.09. The van der Waals surface area contributed by atoms with Gasteiger partial charge in [0.25, 0.3) is 0 Å². The minimum Gasteiger partial charge on any atom is -0.508 e. The summed E-state index contributed by atoms with van der Waals surface area (Å²) < 4.78 is 13.8. The van der Waals surface area contributed by atoms with Gasteiger partial charge in [0.15, 0.2) is 0 Å². The highest BCUT2D eigenvalue weighted by Gasteiger charge is 2.42. The van der Waals surface area contributed by atoms with E-state index in [0.29, 0.717) is 19.3 Å². The SMILES string of the molecule is NC1CC(F)(Cc2ccc(O)cc2)C1. The fourth-order valence-electron chi connectivity index (χ4n) is 2.00. The Kier molecular flexibility index (Phi) is 2.19. The number of aromatic hydroxyl groups is 1. The highest BCUT2D eigenvalue weighted by atomic mass is 19.1. The predicted molar refractivity (Wildman–Crippen MR) is 52.9 cm³/mol. The molecule has 3 heteroatoms. The zero-order valence-electron chi connectivity index (χ0n) is 7.91. The predicted octanol–water partition coefficient (Wildman–Crippen LogP) is 1.76. The Labute approximate surface area is 82.5 Å². The number of phenolic OH excluding ortho intramolecular Hbond substituents is 1. The highest BCUT2D eigenvalue weighted by Crippen LogP contribution is 2.38. The molecule has 76 valence electrons. The van der Waals surface area contributed by atoms with Crippen molar-refractivity contribution in [3.05, 3.63) is 29.8 Å². The molecule has 1 aromatic carbocycles. The molecule has 0 aliphatic heterocycles. The topological polar surface area (TPSA) is 46.2 Å². The second-order valence-corrected chi connectivity index (χ2v) is 4.16. The van der Waals surface area contributed by atoms with Crippen LogP contribution in [0.4, 0.5) is 4.39 Å². The molecule has 0 atom stereocenters. The van der Waals surface area contributed by atoms with Crippen LogP contribution in [0.1, 0.15) is 18.4 Å². The molecule has 0 amide bonds. The van der Waals surface area contributed by atoms with Gasteiger partial charge in [-0.1, -0.05) is 12.1 Å². The van der Waals surface area contributed by atoms with E-state index in [1.54, 1.807) is 24.3 Å². The van der Waals surface area contributed by atoms with Crippen LogP contribution < -0.4 is 5.73 Å². The summed E-state index contributed by atoms with van der Waals surface area (Å²) in [4.78, 5) is 0. The molecule has 1 aliphatic carbocycles. The van der Waals surface area contributed by atoms with Crippen LogP contribution in [0.15, 0.2) is 24.3 Å². The first-order valence-corrected chi connectivity index (χ1v) is 4.80. The normalized spacial score (nSPS) is 31.1. The van der Waals surface area contributed by atoms with Gasteiger partial charge in [-0.15, -0.1) is 0 Å². The monoisotopic (exact) mass is 195 g/mol. The van der Waals surface area contributed by atoms with E-state index >= 15 is 0 Å². The maximum Gasteiger partial charge on any atom is 0.118 e. The second-order valence-electron chi connectivity index (χ2n) is 4.16. The van der Waals surface area contributed by atoms with E-state index in [2.05, 4.69) is 0 Å². The molecule has 0 saturated heterocycles. The summed E-state index contributed by atoms with van der Waals surface area (Å²) in [6, 6.07) is 6.69. The van der Waals surface area contributed by atoms with Gasteiger partial charge in [0.1, 0.15) is 11.4 Å². The van der Waals surface area contributed by atoms with Crippen LogP contribution in [0.2, 0.25) is 0 Å². The molecule has 0 heterocycles. The van der Waals surface area contributed by atoms with Gasteiger partial charge in [-0.3, -0.25) is 0 Å². The number of phenols is 1. The summed E-state index contributed by atoms with van der Waals surface area (Å²) in [6.45, 7) is 0. The maximum absolute atomic E-state index is 13.8. The average Bonchev–Trinajstić information content (AvgIpc) is 2.07. The average molecular weight is 195 g/mol. The summed E-state index contributed by atoms with van der Waals surface area (Å²) in [5.74, 6) is 0.215. The van der Waals surface area contributed by atoms with Crippen LogP contribution in [-0.4, -0.2) is 16.8 Å². The van der Waals surface area contributed by atoms with Crippen LogP contribution >= 0.6 is 0 Å². The Balaban J connectivity index is 2.01. The van der Waals surface area contributed by atoms with E-state index in [-0.39, 0.29) is 11.8 Å². The van der Waals surface area contributed by atoms with E-state index in [9.17, 15) is 4.39 Å². The number of nitrogens with two attached hydrogens (primary N) is 1. The smallest absolute Gasteiger partial charge is 0.118 e. The third-order valence-corrected chi connectivity index (χ3v) is 2.71. The van der Waals surface area contributed by atoms with Crippen molar-refractivity contribution in [3.63, 3.8) is 0 Å². The van der Waals surface area contributed by atoms with Crippen molar-refractivity contribution in [2.75, 3.05) is 0 Å². The quantitative estimate of drug-likeness (QED) is 0.755. The van der Waals surface area contributed by atoms with Gasteiger partial charge in [0.05, 0.1) is 0 Å². The van der Waals surface area contributed by atoms with E-state index < -0.39 is 5.67 Å². The number of benzene rings is 1. The lowest BCUT2D eigenvalue weighted by molar-refractivity contribution is 0.0444. The van der Waals surface area contributed by atoms with Crippen molar-refractivity contribution in [1.29, 1.82) is 0 Å². The summed E-state index contributed by atoms with van der Waals surface area (Å²) in [6.07, 6.45) is 1.31. The number of halogens is 1. The van der Waals surface area contributed by atoms with Crippen LogP contribution in [0, 0.1) is 0 Å². The van der Waals surface area contributed by atoms with Crippen LogP contribution in [0.3, 0.4) is 0 Å². The zero-order valence-corrected chi connectivity index (χ0v) is 7.91. The number of hydrogen-bond donors (Lipinski definition) is 2. The standard InChI is InChI=1S/C11H14FNO/c12-11(6-9(13)7-11)5-8-1-3-10(14)4-2-8/h1-4,9,14H,5-7,13H2. The molecule has 1 aromatic rings. The number of alkyl halides is 1. The molecule has 0 unspecified atom stereocenters. The molecule has 0 spiro atoms. The van der Waals surface area contributed by atoms with Crippen LogP contribution in [0.5, 0.6) is 5.75 Å². The first-order chi connectivity index (χ1) is 6.57. The molecule has 2 nitrogen and oxygen atoms in total. The minimum atomic E-state index is -1.11. The van der Waals surface area contributed by atoms with Gasteiger partial charge in [-0.05, 0) is 30.5 Å². The van der Waals surface area contributed by atoms with Crippen molar-refractivity contribution >= 4 is 0 Å². The molecule has 1 saturated carbocycles. The molecule has 0 radical (unpaired) electrons. The summed E-state index contributed by atoms with van der Waals surface area (Å²) in [5, 5.41) is 9.05. The highest BCUT2D eigenvalue weighted by molar-refractivity contribution is 5.27. The summed E-state index contributed by atoms with van der Waals surface area (Å²) >= 11 is 0. The van der Waals surface area contributed by atoms with Gasteiger partial charge in [-0.25, -0.2) is 4.39 Å². The molecule has 1 fully saturated rings. The lowest BCUT2D eigenvalue weighted by atomic mass is 9.74. The van der Waals surface area contributed by atoms with Gasteiger partial charge in [0.2, 0.25) is 0 Å². The Morgan fingerprint density at radius 3 is 2.43 bits per heavy atom. The number of hydrogen-bond acceptors (Lipinski definition) is 2. The lowest BCUT2D eigenvalue weighted by Gasteiger charge is -2.39. The molecule has 14 heavy (non-hydrogen) atoms. The van der Waals surface area contributed by atoms with Gasteiger partial charge in [0, 0.05) is 12.5 Å². The van der Waals surface area contributed by atoms with Gasteiger partial charge in [-0.2, -0.15) is 0 Å². The van der Waals surface area contributed by atoms with Crippen molar-refractivity contribution in [2.45, 2.75) is 31.0 Å². The molecular formula is C11H14FNO. The van der Waals surface area contributed by atoms with E-state index in [0.717, 1.165) is 5.56 Å². The molecule has 3 N–H and O–H groups in total. The van der Waals surface area contributed by atoms with Crippen molar-refractivity contribution < 1.29 is 9.50 Å². The zero-order chi connectivity index (χ0) is 10.2. The third-order valence-electron chi connectivity index (χ3n) is 2.71. The van der Waals surface area contributed by atoms with Gasteiger partial charge < -0.3 is 10.8 Å². The van der Waals surface area contributed by atoms with E-state index in [4.69, 9.17) is 10.8 Å². The molecule has 0 bridgehead atoms. The van der Waals surface area contributed by atoms with Crippen LogP contribution in [-0.2, 0) is 6.42 Å². The fourth-order valence-corrected chi connectivity index (χ4v) is 2.00. The Morgan fingerprint density at radius 2 is 1.93 bits per heavy atom. The Bertz CT molecular complexity index is 317. The van der Waals surface area contributed by atoms with Crippen molar-refractivity contribution in [3.8, 4) is 5.75 Å². The largest absolute Gasteiger partial charge is 0.508 e. The first kappa shape index (κ1) is 9.46. The molecular weight excluding hydrogens is 181 g/mol. The third kappa shape index (κ3) is 1.87. The lowest BCUT2D eigenvalue weighted by Crippen LogP contribution is -2.49. The second kappa shape index (κ2) is 3.24. The molecule has 2 rings (SSSR count). The summed E-state index contributed by atoms with van der Waals surface area (Å²) in [5.41, 5.74) is 5.35. The fraction of sp³-hybridized carbons (Fsp3) is 0.455. The Morgan fingerprint density at radius 1 is 1.36 bits per heavy atom. The summed E-state index contributed by atoms with van der Waals surface area (Å²) in [7, 11) is 0. The van der Waals surface area contributed by atoms with E-state index in [1.165, 1.54) is 0 Å². The first-order valence-electron chi connectivity index (χ1n) is 4.80. The minimum absolute atomic E-state index is 0.0251. The molecule has 0 aromatic heterocycles. The van der Waals surface area contributed by atoms with Crippen molar-refractivity contribution in [2.24, 2.45) is 5.73 Å². The van der Waals surface area contributed by atoms with Crippen molar-refractivity contribution in [1.82, 2.24) is 0 Å². The van der Waals surface area contributed by atoms with Crippen LogP contribution in [0.25, 0.3) is 0 Å². The maximum atomic E-state index is 13.8. The van der Waals surface area contributed by atoms with Gasteiger partial charge >= 0.3 is 0 Å². The molecule has 1 aliphatic rings. The van der Waals surface area contributed by atoms with E-state index in [1.807, 2.05) is 0 Å².